The van der Waals surface area contributed by atoms with Gasteiger partial charge in [0.15, 0.2) is 0 Å². The van der Waals surface area contributed by atoms with Crippen LogP contribution in [0.1, 0.15) is 31.9 Å². The Balaban J connectivity index is 2.71. The van der Waals surface area contributed by atoms with Crippen molar-refractivity contribution in [2.45, 2.75) is 32.7 Å². The third kappa shape index (κ3) is 2.97. The van der Waals surface area contributed by atoms with Crippen LogP contribution < -0.4 is 0 Å². The fraction of sp³-hybridized carbons (Fsp3) is 0.556. The SMILES string of the molecule is CC(C)c1nn(CCC(=O)O)cc1I. The van der Waals surface area contributed by atoms with E-state index in [1.807, 2.05) is 6.20 Å². The first-order chi connectivity index (χ1) is 6.50. The molecule has 0 unspecified atom stereocenters. The highest BCUT2D eigenvalue weighted by Crippen LogP contribution is 2.19. The van der Waals surface area contributed by atoms with E-state index in [9.17, 15) is 4.79 Å². The van der Waals surface area contributed by atoms with E-state index in [-0.39, 0.29) is 6.42 Å². The lowest BCUT2D eigenvalue weighted by atomic mass is 10.1. The molecule has 0 aliphatic carbocycles. The van der Waals surface area contributed by atoms with E-state index in [0.717, 1.165) is 9.26 Å². The molecule has 0 saturated heterocycles. The fourth-order valence-corrected chi connectivity index (χ4v) is 2.18. The second-order valence-electron chi connectivity index (χ2n) is 3.42. The molecule has 0 atom stereocenters. The van der Waals surface area contributed by atoms with E-state index in [1.165, 1.54) is 0 Å². The first-order valence-corrected chi connectivity index (χ1v) is 5.53. The Kier molecular flexibility index (Phi) is 3.91. The van der Waals surface area contributed by atoms with Gasteiger partial charge in [0, 0.05) is 6.20 Å². The molecule has 1 heterocycles. The molecular formula is C9H13IN2O2. The molecule has 0 radical (unpaired) electrons. The van der Waals surface area contributed by atoms with Crippen LogP contribution in [0.5, 0.6) is 0 Å². The molecule has 78 valence electrons. The van der Waals surface area contributed by atoms with Crippen molar-refractivity contribution in [1.82, 2.24) is 9.78 Å². The van der Waals surface area contributed by atoms with Gasteiger partial charge in [0.1, 0.15) is 0 Å². The zero-order valence-electron chi connectivity index (χ0n) is 8.20. The second kappa shape index (κ2) is 4.77. The molecule has 0 bridgehead atoms. The third-order valence-corrected chi connectivity index (χ3v) is 2.68. The monoisotopic (exact) mass is 308 g/mol. The van der Waals surface area contributed by atoms with Crippen LogP contribution in [0, 0.1) is 3.57 Å². The van der Waals surface area contributed by atoms with Crippen molar-refractivity contribution >= 4 is 28.6 Å². The lowest BCUT2D eigenvalue weighted by molar-refractivity contribution is -0.137. The standard InChI is InChI=1S/C9H13IN2O2/c1-6(2)9-7(10)5-12(11-9)4-3-8(13)14/h5-6H,3-4H2,1-2H3,(H,13,14). The predicted molar refractivity (Wildman–Crippen MR) is 61.3 cm³/mol. The summed E-state index contributed by atoms with van der Waals surface area (Å²) in [6.45, 7) is 4.59. The molecule has 0 aliphatic heterocycles. The van der Waals surface area contributed by atoms with E-state index in [4.69, 9.17) is 5.11 Å². The average molecular weight is 308 g/mol. The number of hydrogen-bond acceptors (Lipinski definition) is 2. The van der Waals surface area contributed by atoms with Crippen LogP contribution in [0.15, 0.2) is 6.20 Å². The maximum Gasteiger partial charge on any atom is 0.305 e. The number of nitrogens with zero attached hydrogens (tertiary/aromatic N) is 2. The Morgan fingerprint density at radius 1 is 1.71 bits per heavy atom. The van der Waals surface area contributed by atoms with Crippen molar-refractivity contribution in [3.63, 3.8) is 0 Å². The molecule has 14 heavy (non-hydrogen) atoms. The first-order valence-electron chi connectivity index (χ1n) is 4.45. The number of aryl methyl sites for hydroxylation is 1. The maximum atomic E-state index is 10.4. The highest BCUT2D eigenvalue weighted by molar-refractivity contribution is 14.1. The molecule has 1 rings (SSSR count). The first kappa shape index (κ1) is 11.5. The molecule has 0 spiro atoms. The molecule has 0 fully saturated rings. The number of aromatic nitrogens is 2. The molecular weight excluding hydrogens is 295 g/mol. The Bertz CT molecular complexity index is 334. The van der Waals surface area contributed by atoms with Gasteiger partial charge in [-0.05, 0) is 28.5 Å². The topological polar surface area (TPSA) is 55.1 Å². The molecule has 0 saturated carbocycles. The second-order valence-corrected chi connectivity index (χ2v) is 4.59. The van der Waals surface area contributed by atoms with Crippen LogP contribution in [-0.4, -0.2) is 20.9 Å². The molecule has 5 heteroatoms. The zero-order chi connectivity index (χ0) is 10.7. The maximum absolute atomic E-state index is 10.4. The van der Waals surface area contributed by atoms with Gasteiger partial charge in [-0.25, -0.2) is 0 Å². The summed E-state index contributed by atoms with van der Waals surface area (Å²) in [5, 5.41) is 12.8. The van der Waals surface area contributed by atoms with Crippen LogP contribution in [-0.2, 0) is 11.3 Å². The molecule has 0 amide bonds. The van der Waals surface area contributed by atoms with Gasteiger partial charge in [-0.1, -0.05) is 13.8 Å². The molecule has 4 nitrogen and oxygen atoms in total. The summed E-state index contributed by atoms with van der Waals surface area (Å²) in [7, 11) is 0. The molecule has 1 aromatic rings. The zero-order valence-corrected chi connectivity index (χ0v) is 10.4. The lowest BCUT2D eigenvalue weighted by Gasteiger charge is -2.00. The number of carboxylic acid groups (broad SMARTS) is 1. The Labute approximate surface area is 96.4 Å². The van der Waals surface area contributed by atoms with Crippen molar-refractivity contribution in [2.24, 2.45) is 0 Å². The predicted octanol–water partition coefficient (Wildman–Crippen LogP) is 2.09. The largest absolute Gasteiger partial charge is 0.481 e. The summed E-state index contributed by atoms with van der Waals surface area (Å²) in [5.74, 6) is -0.408. The van der Waals surface area contributed by atoms with Crippen molar-refractivity contribution in [1.29, 1.82) is 0 Å². The van der Waals surface area contributed by atoms with Gasteiger partial charge in [0.25, 0.3) is 0 Å². The minimum Gasteiger partial charge on any atom is -0.481 e. The summed E-state index contributed by atoms with van der Waals surface area (Å²) in [6.07, 6.45) is 2.01. The van der Waals surface area contributed by atoms with Gasteiger partial charge in [-0.3, -0.25) is 9.48 Å². The van der Waals surface area contributed by atoms with Gasteiger partial charge in [-0.15, -0.1) is 0 Å². The number of rotatable bonds is 4. The van der Waals surface area contributed by atoms with E-state index in [1.54, 1.807) is 4.68 Å². The summed E-state index contributed by atoms with van der Waals surface area (Å²) in [5.41, 5.74) is 1.04. The van der Waals surface area contributed by atoms with Gasteiger partial charge in [0.05, 0.1) is 22.2 Å². The van der Waals surface area contributed by atoms with Crippen LogP contribution in [0.3, 0.4) is 0 Å². The number of carboxylic acids is 1. The summed E-state index contributed by atoms with van der Waals surface area (Å²) in [4.78, 5) is 10.4. The van der Waals surface area contributed by atoms with E-state index < -0.39 is 5.97 Å². The lowest BCUT2D eigenvalue weighted by Crippen LogP contribution is -2.05. The quantitative estimate of drug-likeness (QED) is 0.867. The minimum atomic E-state index is -0.790. The van der Waals surface area contributed by atoms with Crippen LogP contribution in [0.4, 0.5) is 0 Å². The van der Waals surface area contributed by atoms with Crippen molar-refractivity contribution in [3.05, 3.63) is 15.5 Å². The van der Waals surface area contributed by atoms with Crippen molar-refractivity contribution in [3.8, 4) is 0 Å². The van der Waals surface area contributed by atoms with E-state index in [0.29, 0.717) is 12.5 Å². The average Bonchev–Trinajstić information content (AvgIpc) is 2.43. The smallest absolute Gasteiger partial charge is 0.305 e. The highest BCUT2D eigenvalue weighted by atomic mass is 127. The normalized spacial score (nSPS) is 10.9. The molecule has 1 aromatic heterocycles. The van der Waals surface area contributed by atoms with Crippen LogP contribution in [0.25, 0.3) is 0 Å². The van der Waals surface area contributed by atoms with Gasteiger partial charge >= 0.3 is 5.97 Å². The molecule has 1 N–H and O–H groups in total. The third-order valence-electron chi connectivity index (χ3n) is 1.84. The molecule has 0 aromatic carbocycles. The summed E-state index contributed by atoms with van der Waals surface area (Å²) >= 11 is 2.22. The van der Waals surface area contributed by atoms with Crippen molar-refractivity contribution in [2.75, 3.05) is 0 Å². The van der Waals surface area contributed by atoms with Crippen molar-refractivity contribution < 1.29 is 9.90 Å². The van der Waals surface area contributed by atoms with Crippen LogP contribution in [0.2, 0.25) is 0 Å². The number of carbonyl (C=O) groups is 1. The van der Waals surface area contributed by atoms with Gasteiger partial charge < -0.3 is 5.11 Å². The van der Waals surface area contributed by atoms with Gasteiger partial charge in [-0.2, -0.15) is 5.10 Å². The fourth-order valence-electron chi connectivity index (χ4n) is 1.13. The summed E-state index contributed by atoms with van der Waals surface area (Å²) in [6, 6.07) is 0. The highest BCUT2D eigenvalue weighted by Gasteiger charge is 2.10. The van der Waals surface area contributed by atoms with Crippen LogP contribution >= 0.6 is 22.6 Å². The van der Waals surface area contributed by atoms with E-state index >= 15 is 0 Å². The number of aliphatic carboxylic acids is 1. The number of halogens is 1. The minimum absolute atomic E-state index is 0.120. The van der Waals surface area contributed by atoms with E-state index in [2.05, 4.69) is 41.5 Å². The molecule has 0 aliphatic rings. The number of hydrogen-bond donors (Lipinski definition) is 1. The Morgan fingerprint density at radius 3 is 2.79 bits per heavy atom. The Hall–Kier alpha value is -0.590. The Morgan fingerprint density at radius 2 is 2.36 bits per heavy atom. The summed E-state index contributed by atoms with van der Waals surface area (Å²) < 4.78 is 2.80. The van der Waals surface area contributed by atoms with Gasteiger partial charge in [0.2, 0.25) is 0 Å².